The molecule has 0 fully saturated rings. The van der Waals surface area contributed by atoms with Crippen molar-refractivity contribution in [1.82, 2.24) is 0 Å². The van der Waals surface area contributed by atoms with E-state index in [-0.39, 0.29) is 39.7 Å². The van der Waals surface area contributed by atoms with E-state index in [1.807, 2.05) is 49.1 Å². The standard InChI is InChI=1S/C16H18N3O2.2BrH/c1-14(20)16-5-11-19(12-6-16)8-2-7-18-9-3-15(4-10-18)13-17-21;;/h3-6,9-13H,2,7-8H2,1H3;2*1H/q+1;;/p-1. The molecule has 0 aliphatic rings. The molecule has 2 aromatic rings. The molecule has 0 atom stereocenters. The summed E-state index contributed by atoms with van der Waals surface area (Å²) in [5.74, 6) is 0.0872. The molecule has 0 aromatic carbocycles. The normalized spacial score (nSPS) is 9.96. The molecule has 0 amide bonds. The number of aromatic nitrogens is 2. The summed E-state index contributed by atoms with van der Waals surface area (Å²) in [6.45, 7) is 3.37. The monoisotopic (exact) mass is 443 g/mol. The number of halogens is 2. The smallest absolute Gasteiger partial charge is 0.169 e. The molecule has 0 aliphatic carbocycles. The lowest BCUT2D eigenvalue weighted by Crippen LogP contribution is -3.00. The van der Waals surface area contributed by atoms with Gasteiger partial charge in [0.05, 0.1) is 12.6 Å². The Morgan fingerprint density at radius 3 is 1.96 bits per heavy atom. The van der Waals surface area contributed by atoms with Gasteiger partial charge in [0.15, 0.2) is 43.7 Å². The van der Waals surface area contributed by atoms with E-state index >= 15 is 0 Å². The highest BCUT2D eigenvalue weighted by Gasteiger charge is 2.06. The lowest BCUT2D eigenvalue weighted by Gasteiger charge is -1.98. The molecule has 124 valence electrons. The average molecular weight is 445 g/mol. The third-order valence-electron chi connectivity index (χ3n) is 3.25. The molecule has 2 rings (SSSR count). The van der Waals surface area contributed by atoms with Crippen LogP contribution in [0.5, 0.6) is 0 Å². The first-order valence-electron chi connectivity index (χ1n) is 6.85. The highest BCUT2D eigenvalue weighted by atomic mass is 79.9. The van der Waals surface area contributed by atoms with Crippen LogP contribution in [0, 0.1) is 0 Å². The Hall–Kier alpha value is -1.60. The van der Waals surface area contributed by atoms with Crippen LogP contribution in [0.2, 0.25) is 0 Å². The Morgan fingerprint density at radius 1 is 1.04 bits per heavy atom. The molecule has 0 aliphatic heterocycles. The maximum Gasteiger partial charge on any atom is 0.169 e. The summed E-state index contributed by atoms with van der Waals surface area (Å²) >= 11 is 0. The average Bonchev–Trinajstić information content (AvgIpc) is 2.50. The van der Waals surface area contributed by atoms with Crippen molar-refractivity contribution in [3.8, 4) is 0 Å². The minimum atomic E-state index is 0. The molecule has 0 bridgehead atoms. The number of carbonyl (C=O) groups excluding carboxylic acids is 1. The first kappa shape index (κ1) is 21.4. The van der Waals surface area contributed by atoms with Crippen LogP contribution in [0.3, 0.4) is 0 Å². The van der Waals surface area contributed by atoms with Gasteiger partial charge >= 0.3 is 0 Å². The number of rotatable bonds is 6. The minimum absolute atomic E-state index is 0. The van der Waals surface area contributed by atoms with Gasteiger partial charge in [0, 0.05) is 35.4 Å². The predicted octanol–water partition coefficient (Wildman–Crippen LogP) is -4.63. The van der Waals surface area contributed by atoms with Crippen LogP contribution in [0.15, 0.2) is 54.2 Å². The molecule has 0 spiro atoms. The van der Waals surface area contributed by atoms with E-state index < -0.39 is 0 Å². The number of hydrogen-bond acceptors (Lipinski definition) is 3. The Labute approximate surface area is 156 Å². The molecule has 23 heavy (non-hydrogen) atoms. The van der Waals surface area contributed by atoms with Crippen LogP contribution >= 0.6 is 0 Å². The lowest BCUT2D eigenvalue weighted by molar-refractivity contribution is -0.726. The van der Waals surface area contributed by atoms with Gasteiger partial charge in [-0.15, -0.1) is 0 Å². The van der Waals surface area contributed by atoms with Crippen LogP contribution in [-0.2, 0) is 13.1 Å². The Bertz CT molecular complexity index is 629. The maximum absolute atomic E-state index is 11.2. The molecule has 0 saturated heterocycles. The fourth-order valence-electron chi connectivity index (χ4n) is 2.05. The van der Waals surface area contributed by atoms with Crippen molar-refractivity contribution >= 4 is 12.0 Å². The van der Waals surface area contributed by atoms with E-state index in [1.165, 1.54) is 6.21 Å². The molecular formula is C16H19Br2N3O2. The molecule has 2 aromatic heterocycles. The summed E-state index contributed by atoms with van der Waals surface area (Å²) in [5.41, 5.74) is 1.60. The van der Waals surface area contributed by atoms with Crippen molar-refractivity contribution < 1.29 is 53.1 Å². The van der Waals surface area contributed by atoms with Crippen molar-refractivity contribution in [1.29, 1.82) is 0 Å². The Kier molecular flexibility index (Phi) is 10.2. The zero-order chi connectivity index (χ0) is 15.1. The van der Waals surface area contributed by atoms with Gasteiger partial charge in [0.1, 0.15) is 0 Å². The first-order valence-corrected chi connectivity index (χ1v) is 6.85. The third-order valence-corrected chi connectivity index (χ3v) is 3.25. The number of nitrogens with zero attached hydrogens (tertiary/aromatic N) is 3. The van der Waals surface area contributed by atoms with E-state index in [1.54, 1.807) is 6.92 Å². The molecule has 2 heterocycles. The number of hydrogen-bond donors (Lipinski definition) is 1. The number of oxime groups is 1. The van der Waals surface area contributed by atoms with Crippen LogP contribution in [0.4, 0.5) is 0 Å². The molecule has 7 heteroatoms. The van der Waals surface area contributed by atoms with E-state index in [2.05, 4.69) is 14.3 Å². The van der Waals surface area contributed by atoms with Crippen LogP contribution in [0.25, 0.3) is 0 Å². The maximum atomic E-state index is 11.2. The second-order valence-corrected chi connectivity index (χ2v) is 4.85. The topological polar surface area (TPSA) is 57.4 Å². The second-order valence-electron chi connectivity index (χ2n) is 4.85. The highest BCUT2D eigenvalue weighted by molar-refractivity contribution is 5.93. The number of pyridine rings is 2. The molecule has 5 nitrogen and oxygen atoms in total. The van der Waals surface area contributed by atoms with E-state index in [4.69, 9.17) is 5.21 Å². The van der Waals surface area contributed by atoms with Crippen LogP contribution < -0.4 is 43.1 Å². The van der Waals surface area contributed by atoms with Crippen molar-refractivity contribution in [3.05, 3.63) is 60.2 Å². The summed E-state index contributed by atoms with van der Waals surface area (Å²) in [7, 11) is 0. The number of aryl methyl sites for hydroxylation is 2. The fraction of sp³-hybridized carbons (Fsp3) is 0.250. The summed E-state index contributed by atoms with van der Waals surface area (Å²) in [4.78, 5) is 11.2. The second kappa shape index (κ2) is 11.0. The lowest BCUT2D eigenvalue weighted by atomic mass is 10.2. The van der Waals surface area contributed by atoms with Crippen molar-refractivity contribution in [2.24, 2.45) is 5.16 Å². The van der Waals surface area contributed by atoms with Crippen molar-refractivity contribution in [3.63, 3.8) is 0 Å². The first-order chi connectivity index (χ1) is 10.2. The zero-order valence-electron chi connectivity index (χ0n) is 12.8. The zero-order valence-corrected chi connectivity index (χ0v) is 15.9. The predicted molar refractivity (Wildman–Crippen MR) is 77.3 cm³/mol. The van der Waals surface area contributed by atoms with Crippen molar-refractivity contribution in [2.45, 2.75) is 26.4 Å². The van der Waals surface area contributed by atoms with Gasteiger partial charge in [0.25, 0.3) is 0 Å². The molecule has 0 saturated carbocycles. The quantitative estimate of drug-likeness (QED) is 0.160. The molecule has 0 radical (unpaired) electrons. The number of carbonyl (C=O) groups is 1. The summed E-state index contributed by atoms with van der Waals surface area (Å²) in [5, 5.41) is 11.4. The van der Waals surface area contributed by atoms with Gasteiger partial charge in [-0.1, -0.05) is 5.16 Å². The van der Waals surface area contributed by atoms with Gasteiger partial charge in [-0.25, -0.2) is 9.13 Å². The van der Waals surface area contributed by atoms with Gasteiger partial charge < -0.3 is 39.2 Å². The molecular weight excluding hydrogens is 426 g/mol. The van der Waals surface area contributed by atoms with Crippen LogP contribution in [-0.4, -0.2) is 17.2 Å². The summed E-state index contributed by atoms with van der Waals surface area (Å²) < 4.78 is 4.15. The summed E-state index contributed by atoms with van der Waals surface area (Å²) in [6.07, 6.45) is 10.2. The SMILES string of the molecule is CC(=O)c1cc[n+](CCC[n+]2ccc(C=NO)cc2)cc1.[Br-].[Br-]. The van der Waals surface area contributed by atoms with E-state index in [9.17, 15) is 4.79 Å². The van der Waals surface area contributed by atoms with Gasteiger partial charge in [-0.3, -0.25) is 4.79 Å². The minimum Gasteiger partial charge on any atom is -1.00 e. The number of ketones is 1. The van der Waals surface area contributed by atoms with Gasteiger partial charge in [0.2, 0.25) is 0 Å². The Balaban J connectivity index is 0.00000242. The molecule has 0 unspecified atom stereocenters. The third kappa shape index (κ3) is 7.00. The van der Waals surface area contributed by atoms with Crippen LogP contribution in [0.1, 0.15) is 29.3 Å². The fourth-order valence-corrected chi connectivity index (χ4v) is 2.05. The molecule has 1 N–H and O–H groups in total. The van der Waals surface area contributed by atoms with E-state index in [0.717, 1.165) is 30.6 Å². The van der Waals surface area contributed by atoms with Crippen molar-refractivity contribution in [2.75, 3.05) is 0 Å². The van der Waals surface area contributed by atoms with Gasteiger partial charge in [-0.2, -0.15) is 0 Å². The number of Topliss-reactive ketones (excluding diaryl/α,β-unsaturated/α-hetero) is 1. The van der Waals surface area contributed by atoms with Gasteiger partial charge in [-0.05, 0) is 6.92 Å². The largest absolute Gasteiger partial charge is 1.00 e. The highest BCUT2D eigenvalue weighted by Crippen LogP contribution is 1.96. The van der Waals surface area contributed by atoms with E-state index in [0.29, 0.717) is 0 Å². The Morgan fingerprint density at radius 2 is 1.52 bits per heavy atom. The summed E-state index contributed by atoms with van der Waals surface area (Å²) in [6, 6.07) is 7.49.